The van der Waals surface area contributed by atoms with Gasteiger partial charge in [-0.3, -0.25) is 4.79 Å². The maximum absolute atomic E-state index is 13.8. The van der Waals surface area contributed by atoms with Gasteiger partial charge in [-0.1, -0.05) is 37.5 Å². The van der Waals surface area contributed by atoms with Crippen molar-refractivity contribution in [2.24, 2.45) is 0 Å². The third kappa shape index (κ3) is 4.44. The Balaban J connectivity index is 1.15. The van der Waals surface area contributed by atoms with Crippen molar-refractivity contribution in [2.45, 2.75) is 64.0 Å². The summed E-state index contributed by atoms with van der Waals surface area (Å²) in [5.41, 5.74) is 7.23. The molecule has 2 aliphatic rings. The van der Waals surface area contributed by atoms with Crippen LogP contribution < -0.4 is 10.1 Å². The van der Waals surface area contributed by atoms with Crippen LogP contribution in [0.5, 0.6) is 5.75 Å². The van der Waals surface area contributed by atoms with Gasteiger partial charge in [0.1, 0.15) is 18.2 Å². The molecular formula is C34H34N8O2. The molecule has 1 aliphatic carbocycles. The Morgan fingerprint density at radius 2 is 1.91 bits per heavy atom. The van der Waals surface area contributed by atoms with Gasteiger partial charge in [0.25, 0.3) is 5.91 Å². The van der Waals surface area contributed by atoms with E-state index in [2.05, 4.69) is 65.8 Å². The predicted octanol–water partition coefficient (Wildman–Crippen LogP) is 6.47. The number of hydrogen-bond donors (Lipinski definition) is 3. The second kappa shape index (κ2) is 10.3. The van der Waals surface area contributed by atoms with Crippen LogP contribution in [-0.4, -0.2) is 47.7 Å². The highest BCUT2D eigenvalue weighted by Crippen LogP contribution is 2.47. The summed E-state index contributed by atoms with van der Waals surface area (Å²) >= 11 is 0. The molecule has 3 aromatic carbocycles. The lowest BCUT2D eigenvalue weighted by Crippen LogP contribution is -2.41. The summed E-state index contributed by atoms with van der Waals surface area (Å²) < 4.78 is 8.59. The first kappa shape index (κ1) is 26.6. The molecule has 4 heterocycles. The Kier molecular flexibility index (Phi) is 6.25. The molecule has 1 aliphatic heterocycles. The van der Waals surface area contributed by atoms with E-state index in [1.165, 1.54) is 48.7 Å². The molecule has 0 radical (unpaired) electrons. The van der Waals surface area contributed by atoms with Crippen molar-refractivity contribution < 1.29 is 9.53 Å². The minimum atomic E-state index is -0.755. The molecule has 6 aromatic rings. The molecular weight excluding hydrogens is 552 g/mol. The van der Waals surface area contributed by atoms with Crippen LogP contribution in [0.1, 0.15) is 73.6 Å². The van der Waals surface area contributed by atoms with Gasteiger partial charge < -0.3 is 19.6 Å². The van der Waals surface area contributed by atoms with Crippen LogP contribution in [0.25, 0.3) is 44.6 Å². The number of tetrazole rings is 1. The molecule has 3 N–H and O–H groups in total. The summed E-state index contributed by atoms with van der Waals surface area (Å²) in [6, 6.07) is 20.4. The molecule has 1 amide bonds. The number of ether oxygens (including phenoxy) is 1. The van der Waals surface area contributed by atoms with Crippen molar-refractivity contribution >= 4 is 27.8 Å². The predicted molar refractivity (Wildman–Crippen MR) is 168 cm³/mol. The van der Waals surface area contributed by atoms with E-state index < -0.39 is 5.54 Å². The van der Waals surface area contributed by atoms with Crippen molar-refractivity contribution in [3.63, 3.8) is 0 Å². The van der Waals surface area contributed by atoms with E-state index in [9.17, 15) is 4.79 Å². The first-order chi connectivity index (χ1) is 21.5. The Morgan fingerprint density at radius 3 is 2.75 bits per heavy atom. The molecule has 0 bridgehead atoms. The van der Waals surface area contributed by atoms with Crippen LogP contribution in [0.2, 0.25) is 0 Å². The van der Waals surface area contributed by atoms with Crippen molar-refractivity contribution in [3.8, 4) is 28.4 Å². The molecule has 10 nitrogen and oxygen atoms in total. The second-order valence-electron chi connectivity index (χ2n) is 12.5. The number of H-pyrrole nitrogens is 2. The van der Waals surface area contributed by atoms with E-state index in [0.717, 1.165) is 40.0 Å². The number of benzene rings is 3. The topological polar surface area (TPSA) is 126 Å². The zero-order chi connectivity index (χ0) is 29.8. The number of aromatic nitrogens is 7. The summed E-state index contributed by atoms with van der Waals surface area (Å²) in [6.45, 7) is 5.24. The Morgan fingerprint density at radius 1 is 1.05 bits per heavy atom. The van der Waals surface area contributed by atoms with Crippen molar-refractivity contribution in [2.75, 3.05) is 6.61 Å². The summed E-state index contributed by atoms with van der Waals surface area (Å²) in [4.78, 5) is 22.0. The quantitative estimate of drug-likeness (QED) is 0.213. The van der Waals surface area contributed by atoms with E-state index in [4.69, 9.17) is 9.72 Å². The van der Waals surface area contributed by atoms with Crippen molar-refractivity contribution in [3.05, 3.63) is 77.6 Å². The number of carbonyl (C=O) groups excluding carboxylic acids is 1. The minimum Gasteiger partial charge on any atom is -0.491 e. The van der Waals surface area contributed by atoms with Gasteiger partial charge in [-0.15, -0.1) is 5.10 Å². The van der Waals surface area contributed by atoms with Gasteiger partial charge >= 0.3 is 0 Å². The molecule has 44 heavy (non-hydrogen) atoms. The maximum Gasteiger partial charge on any atom is 0.252 e. The number of para-hydroxylation sites is 1. The van der Waals surface area contributed by atoms with Crippen LogP contribution in [0.4, 0.5) is 0 Å². The lowest BCUT2D eigenvalue weighted by molar-refractivity contribution is 0.0909. The Bertz CT molecular complexity index is 2010. The number of rotatable bonds is 5. The standard InChI is InChI=1S/C34H34N8O2/c1-34(2,33-35-25-15-13-21(18-26(25)36-33)31-38-40-41-39-31)37-32(43)22-12-14-23-27(19-22)42-16-17-44-28-11-7-6-10-24(28)30(42)29(23)20-8-4-3-5-9-20/h6-7,10-15,18-20H,3-5,8-9,16-17H2,1-2H3,(H,35,36)(H,37,43)(H,38,39,40,41). The fourth-order valence-electron chi connectivity index (χ4n) is 7.03. The fourth-order valence-corrected chi connectivity index (χ4v) is 7.03. The molecule has 10 heteroatoms. The molecule has 0 saturated heterocycles. The van der Waals surface area contributed by atoms with Crippen LogP contribution >= 0.6 is 0 Å². The number of amides is 1. The zero-order valence-corrected chi connectivity index (χ0v) is 24.9. The molecule has 8 rings (SSSR count). The normalized spacial score (nSPS) is 15.5. The molecule has 3 aromatic heterocycles. The van der Waals surface area contributed by atoms with Crippen molar-refractivity contribution in [1.29, 1.82) is 0 Å². The fraction of sp³-hybridized carbons (Fsp3) is 0.324. The number of carbonyl (C=O) groups is 1. The lowest BCUT2D eigenvalue weighted by atomic mass is 9.81. The van der Waals surface area contributed by atoms with Gasteiger partial charge in [-0.2, -0.15) is 0 Å². The average molecular weight is 587 g/mol. The van der Waals surface area contributed by atoms with Gasteiger partial charge in [0.05, 0.1) is 28.8 Å². The summed E-state index contributed by atoms with van der Waals surface area (Å²) in [7, 11) is 0. The van der Waals surface area contributed by atoms with Crippen LogP contribution in [0, 0.1) is 0 Å². The highest BCUT2D eigenvalue weighted by molar-refractivity contribution is 6.01. The van der Waals surface area contributed by atoms with Crippen LogP contribution in [-0.2, 0) is 12.1 Å². The zero-order valence-electron chi connectivity index (χ0n) is 24.9. The van der Waals surface area contributed by atoms with E-state index in [1.807, 2.05) is 44.2 Å². The third-order valence-corrected chi connectivity index (χ3v) is 9.21. The van der Waals surface area contributed by atoms with Gasteiger partial charge in [0.2, 0.25) is 0 Å². The smallest absolute Gasteiger partial charge is 0.252 e. The number of hydrogen-bond acceptors (Lipinski definition) is 6. The van der Waals surface area contributed by atoms with E-state index in [1.54, 1.807) is 0 Å². The van der Waals surface area contributed by atoms with E-state index in [-0.39, 0.29) is 5.91 Å². The van der Waals surface area contributed by atoms with Gasteiger partial charge in [0.15, 0.2) is 5.82 Å². The first-order valence-corrected chi connectivity index (χ1v) is 15.4. The van der Waals surface area contributed by atoms with E-state index in [0.29, 0.717) is 29.7 Å². The Labute approximate surface area is 254 Å². The monoisotopic (exact) mass is 586 g/mol. The SMILES string of the molecule is CC(C)(NC(=O)c1ccc2c(C3CCCCC3)c3n(c2c1)CCOc1ccccc1-3)c1nc2cc(-c3nnn[nH]3)ccc2[nH]1. The maximum atomic E-state index is 13.8. The first-order valence-electron chi connectivity index (χ1n) is 15.4. The largest absolute Gasteiger partial charge is 0.491 e. The third-order valence-electron chi connectivity index (χ3n) is 9.21. The second-order valence-corrected chi connectivity index (χ2v) is 12.5. The summed E-state index contributed by atoms with van der Waals surface area (Å²) in [5.74, 6) is 2.53. The summed E-state index contributed by atoms with van der Waals surface area (Å²) in [6.07, 6.45) is 6.20. The molecule has 0 atom stereocenters. The highest BCUT2D eigenvalue weighted by atomic mass is 16.5. The number of aromatic amines is 2. The van der Waals surface area contributed by atoms with Gasteiger partial charge in [-0.25, -0.2) is 10.1 Å². The molecule has 222 valence electrons. The van der Waals surface area contributed by atoms with E-state index >= 15 is 0 Å². The number of nitrogens with one attached hydrogen (secondary N) is 3. The highest BCUT2D eigenvalue weighted by Gasteiger charge is 2.31. The van der Waals surface area contributed by atoms with Gasteiger partial charge in [-0.05, 0) is 91.1 Å². The van der Waals surface area contributed by atoms with Crippen molar-refractivity contribution in [1.82, 2.24) is 40.5 Å². The number of nitrogens with zero attached hydrogens (tertiary/aromatic N) is 5. The summed E-state index contributed by atoms with van der Waals surface area (Å²) in [5, 5.41) is 18.6. The lowest BCUT2D eigenvalue weighted by Gasteiger charge is -2.24. The molecule has 0 unspecified atom stereocenters. The Hall–Kier alpha value is -4.99. The average Bonchev–Trinajstić information content (AvgIpc) is 3.77. The molecule has 1 fully saturated rings. The molecule has 0 spiro atoms. The van der Waals surface area contributed by atoms with Crippen LogP contribution in [0.3, 0.4) is 0 Å². The van der Waals surface area contributed by atoms with Crippen LogP contribution in [0.15, 0.2) is 60.7 Å². The van der Waals surface area contributed by atoms with Gasteiger partial charge in [0, 0.05) is 27.6 Å². The number of imidazole rings is 1. The minimum absolute atomic E-state index is 0.147. The number of fused-ring (bicyclic) bond motifs is 6. The molecule has 1 saturated carbocycles.